The number of rotatable bonds is 10. The van der Waals surface area contributed by atoms with E-state index in [-0.39, 0.29) is 0 Å². The molecule has 0 atom stereocenters. The summed E-state index contributed by atoms with van der Waals surface area (Å²) in [6.45, 7) is 11.1. The molecule has 3 rings (SSSR count). The maximum atomic E-state index is 5.42. The van der Waals surface area contributed by atoms with E-state index in [2.05, 4.69) is 20.4 Å². The van der Waals surface area contributed by atoms with Gasteiger partial charge in [-0.2, -0.15) is 0 Å². The van der Waals surface area contributed by atoms with E-state index in [0.717, 1.165) is 83.6 Å². The molecule has 1 aromatic rings. The van der Waals surface area contributed by atoms with Gasteiger partial charge in [-0.1, -0.05) is 6.42 Å². The fraction of sp³-hybridized carbons (Fsp3) is 0.762. The standard InChI is InChI=1S/C21H37N5O2/c1-2-11-25(12-3-1)14-10-24-21(23-9-7-20-6-4-17-28-20)22-8-5-13-26-15-18-27-19-16-26/h4,6,17H,1-3,5,7-16,18-19H2,(H2,22,23,24). The van der Waals surface area contributed by atoms with Crippen molar-refractivity contribution in [2.75, 3.05) is 72.1 Å². The summed E-state index contributed by atoms with van der Waals surface area (Å²) in [5.41, 5.74) is 0. The molecule has 3 heterocycles. The van der Waals surface area contributed by atoms with Crippen LogP contribution in [0.1, 0.15) is 31.4 Å². The van der Waals surface area contributed by atoms with Crippen LogP contribution in [0.5, 0.6) is 0 Å². The molecule has 2 saturated heterocycles. The number of hydrogen-bond donors (Lipinski definition) is 2. The van der Waals surface area contributed by atoms with Gasteiger partial charge < -0.3 is 24.7 Å². The maximum absolute atomic E-state index is 5.42. The molecule has 0 radical (unpaired) electrons. The predicted octanol–water partition coefficient (Wildman–Crippen LogP) is 1.57. The number of aliphatic imine (C=N–C) groups is 1. The molecule has 0 saturated carbocycles. The third-order valence-electron chi connectivity index (χ3n) is 5.42. The second-order valence-electron chi connectivity index (χ2n) is 7.62. The third kappa shape index (κ3) is 8.20. The maximum Gasteiger partial charge on any atom is 0.191 e. The van der Waals surface area contributed by atoms with Crippen LogP contribution in [0.3, 0.4) is 0 Å². The summed E-state index contributed by atoms with van der Waals surface area (Å²) < 4.78 is 10.8. The van der Waals surface area contributed by atoms with Gasteiger partial charge in [0.25, 0.3) is 0 Å². The predicted molar refractivity (Wildman–Crippen MR) is 113 cm³/mol. The van der Waals surface area contributed by atoms with E-state index in [1.54, 1.807) is 6.26 Å². The molecule has 158 valence electrons. The average molecular weight is 392 g/mol. The summed E-state index contributed by atoms with van der Waals surface area (Å²) >= 11 is 0. The number of nitrogens with zero attached hydrogens (tertiary/aromatic N) is 3. The number of piperidine rings is 1. The van der Waals surface area contributed by atoms with Crippen molar-refractivity contribution >= 4 is 5.96 Å². The van der Waals surface area contributed by atoms with Crippen LogP contribution in [0.25, 0.3) is 0 Å². The smallest absolute Gasteiger partial charge is 0.191 e. The van der Waals surface area contributed by atoms with E-state index < -0.39 is 0 Å². The fourth-order valence-electron chi connectivity index (χ4n) is 3.76. The average Bonchev–Trinajstić information content (AvgIpc) is 3.26. The lowest BCUT2D eigenvalue weighted by Crippen LogP contribution is -2.43. The van der Waals surface area contributed by atoms with Crippen molar-refractivity contribution in [2.45, 2.75) is 32.1 Å². The summed E-state index contributed by atoms with van der Waals surface area (Å²) in [7, 11) is 0. The van der Waals surface area contributed by atoms with Gasteiger partial charge in [0.2, 0.25) is 0 Å². The highest BCUT2D eigenvalue weighted by Crippen LogP contribution is 2.07. The van der Waals surface area contributed by atoms with E-state index in [9.17, 15) is 0 Å². The second-order valence-corrected chi connectivity index (χ2v) is 7.62. The van der Waals surface area contributed by atoms with Crippen molar-refractivity contribution in [1.82, 2.24) is 20.4 Å². The van der Waals surface area contributed by atoms with Gasteiger partial charge in [-0.05, 0) is 44.5 Å². The fourth-order valence-corrected chi connectivity index (χ4v) is 3.76. The Balaban J connectivity index is 1.37. The summed E-state index contributed by atoms with van der Waals surface area (Å²) in [5.74, 6) is 1.93. The molecule has 0 spiro atoms. The van der Waals surface area contributed by atoms with Crippen LogP contribution in [0.4, 0.5) is 0 Å². The highest BCUT2D eigenvalue weighted by atomic mass is 16.5. The second kappa shape index (κ2) is 12.8. The van der Waals surface area contributed by atoms with Crippen LogP contribution in [0, 0.1) is 0 Å². The molecular weight excluding hydrogens is 354 g/mol. The Kier molecular flexibility index (Phi) is 9.67. The zero-order valence-corrected chi connectivity index (χ0v) is 17.2. The molecule has 2 N–H and O–H groups in total. The third-order valence-corrected chi connectivity index (χ3v) is 5.42. The molecule has 0 bridgehead atoms. The van der Waals surface area contributed by atoms with Crippen molar-refractivity contribution in [2.24, 2.45) is 4.99 Å². The largest absolute Gasteiger partial charge is 0.469 e. The summed E-state index contributed by atoms with van der Waals surface area (Å²) in [4.78, 5) is 9.81. The first-order chi connectivity index (χ1) is 13.9. The van der Waals surface area contributed by atoms with Crippen LogP contribution < -0.4 is 10.6 Å². The first-order valence-electron chi connectivity index (χ1n) is 11.0. The van der Waals surface area contributed by atoms with Crippen LogP contribution in [-0.2, 0) is 11.2 Å². The Labute approximate surface area is 169 Å². The summed E-state index contributed by atoms with van der Waals surface area (Å²) in [6.07, 6.45) is 7.74. The van der Waals surface area contributed by atoms with Gasteiger partial charge in [-0.3, -0.25) is 9.89 Å². The van der Waals surface area contributed by atoms with Gasteiger partial charge in [-0.15, -0.1) is 0 Å². The van der Waals surface area contributed by atoms with Gasteiger partial charge in [-0.25, -0.2) is 0 Å². The van der Waals surface area contributed by atoms with Crippen molar-refractivity contribution in [3.8, 4) is 0 Å². The van der Waals surface area contributed by atoms with Crippen molar-refractivity contribution in [1.29, 1.82) is 0 Å². The van der Waals surface area contributed by atoms with Crippen molar-refractivity contribution in [3.63, 3.8) is 0 Å². The number of hydrogen-bond acceptors (Lipinski definition) is 5. The molecule has 0 amide bonds. The number of likely N-dealkylation sites (tertiary alicyclic amines) is 1. The normalized spacial score (nSPS) is 19.6. The first-order valence-corrected chi connectivity index (χ1v) is 11.0. The zero-order valence-electron chi connectivity index (χ0n) is 17.2. The zero-order chi connectivity index (χ0) is 19.3. The van der Waals surface area contributed by atoms with Crippen LogP contribution in [-0.4, -0.2) is 87.9 Å². The minimum absolute atomic E-state index is 0.826. The van der Waals surface area contributed by atoms with Crippen LogP contribution in [0.2, 0.25) is 0 Å². The quantitative estimate of drug-likeness (QED) is 0.359. The Morgan fingerprint density at radius 1 is 0.964 bits per heavy atom. The van der Waals surface area contributed by atoms with Gasteiger partial charge in [0.1, 0.15) is 5.76 Å². The number of guanidine groups is 1. The lowest BCUT2D eigenvalue weighted by Gasteiger charge is -2.27. The molecule has 7 nitrogen and oxygen atoms in total. The highest BCUT2D eigenvalue weighted by Gasteiger charge is 2.10. The Morgan fingerprint density at radius 2 is 1.75 bits per heavy atom. The minimum atomic E-state index is 0.826. The van der Waals surface area contributed by atoms with Crippen LogP contribution in [0.15, 0.2) is 27.8 Å². The van der Waals surface area contributed by atoms with E-state index in [1.807, 2.05) is 12.1 Å². The van der Waals surface area contributed by atoms with Gasteiger partial charge in [0, 0.05) is 52.2 Å². The molecular formula is C21H37N5O2. The Morgan fingerprint density at radius 3 is 2.54 bits per heavy atom. The van der Waals surface area contributed by atoms with E-state index in [1.165, 1.54) is 32.4 Å². The molecule has 7 heteroatoms. The van der Waals surface area contributed by atoms with E-state index >= 15 is 0 Å². The van der Waals surface area contributed by atoms with Gasteiger partial charge in [0.15, 0.2) is 5.96 Å². The lowest BCUT2D eigenvalue weighted by atomic mass is 10.1. The Bertz CT molecular complexity index is 537. The number of furan rings is 1. The SMILES string of the molecule is c1coc(CCNC(=NCCCN2CCOCC2)NCCN2CCCCC2)c1. The summed E-state index contributed by atoms with van der Waals surface area (Å²) in [6, 6.07) is 3.96. The molecule has 1 aromatic heterocycles. The monoisotopic (exact) mass is 391 g/mol. The number of ether oxygens (including phenoxy) is 1. The molecule has 2 aliphatic rings. The van der Waals surface area contributed by atoms with E-state index in [0.29, 0.717) is 0 Å². The molecule has 2 aliphatic heterocycles. The molecule has 0 unspecified atom stereocenters. The molecule has 2 fully saturated rings. The summed E-state index contributed by atoms with van der Waals surface area (Å²) in [5, 5.41) is 6.98. The number of morpholine rings is 1. The molecule has 28 heavy (non-hydrogen) atoms. The van der Waals surface area contributed by atoms with Gasteiger partial charge in [0.05, 0.1) is 19.5 Å². The first kappa shape index (κ1) is 21.1. The topological polar surface area (TPSA) is 65.3 Å². The van der Waals surface area contributed by atoms with Gasteiger partial charge >= 0.3 is 0 Å². The van der Waals surface area contributed by atoms with Crippen LogP contribution >= 0.6 is 0 Å². The van der Waals surface area contributed by atoms with E-state index in [4.69, 9.17) is 14.1 Å². The van der Waals surface area contributed by atoms with Crippen molar-refractivity contribution < 1.29 is 9.15 Å². The highest BCUT2D eigenvalue weighted by molar-refractivity contribution is 5.79. The lowest BCUT2D eigenvalue weighted by molar-refractivity contribution is 0.0377. The van der Waals surface area contributed by atoms with Crippen molar-refractivity contribution in [3.05, 3.63) is 24.2 Å². The number of nitrogens with one attached hydrogen (secondary N) is 2. The molecule has 0 aliphatic carbocycles. The molecule has 0 aromatic carbocycles. The minimum Gasteiger partial charge on any atom is -0.469 e. The Hall–Kier alpha value is -1.57.